The van der Waals surface area contributed by atoms with Crippen LogP contribution >= 0.6 is 0 Å². The van der Waals surface area contributed by atoms with Crippen molar-refractivity contribution >= 4 is 6.09 Å². The Labute approximate surface area is 141 Å². The van der Waals surface area contributed by atoms with Crippen LogP contribution in [0.4, 0.5) is 4.79 Å². The maximum atomic E-state index is 12.1. The topological polar surface area (TPSA) is 53.0 Å². The van der Waals surface area contributed by atoms with Crippen molar-refractivity contribution in [3.8, 4) is 0 Å². The quantitative estimate of drug-likeness (QED) is 0.863. The lowest BCUT2D eigenvalue weighted by Gasteiger charge is -2.35. The lowest BCUT2D eigenvalue weighted by Crippen LogP contribution is -2.44. The summed E-state index contributed by atoms with van der Waals surface area (Å²) in [6, 6.07) is 0. The molecule has 1 saturated heterocycles. The lowest BCUT2D eigenvalue weighted by molar-refractivity contribution is 0.0167. The van der Waals surface area contributed by atoms with Gasteiger partial charge >= 0.3 is 6.09 Å². The summed E-state index contributed by atoms with van der Waals surface area (Å²) in [7, 11) is 2.16. The fourth-order valence-corrected chi connectivity index (χ4v) is 3.77. The van der Waals surface area contributed by atoms with E-state index in [4.69, 9.17) is 4.74 Å². The van der Waals surface area contributed by atoms with Crippen molar-refractivity contribution in [2.75, 3.05) is 33.2 Å². The molecule has 2 rings (SSSR count). The molecular formula is C18H34N2O3. The van der Waals surface area contributed by atoms with E-state index in [0.717, 1.165) is 58.3 Å². The van der Waals surface area contributed by atoms with Gasteiger partial charge in [-0.3, -0.25) is 0 Å². The Hall–Kier alpha value is -0.810. The van der Waals surface area contributed by atoms with Gasteiger partial charge in [-0.25, -0.2) is 4.79 Å². The first-order valence-corrected chi connectivity index (χ1v) is 9.09. The van der Waals surface area contributed by atoms with E-state index >= 15 is 0 Å². The van der Waals surface area contributed by atoms with Crippen LogP contribution in [0.2, 0.25) is 0 Å². The van der Waals surface area contributed by atoms with Crippen molar-refractivity contribution in [3.63, 3.8) is 0 Å². The second kappa shape index (κ2) is 7.84. The van der Waals surface area contributed by atoms with Gasteiger partial charge in [-0.2, -0.15) is 0 Å². The Kier molecular flexibility index (Phi) is 6.32. The molecule has 1 aliphatic carbocycles. The van der Waals surface area contributed by atoms with E-state index in [1.54, 1.807) is 0 Å². The van der Waals surface area contributed by atoms with Crippen molar-refractivity contribution in [3.05, 3.63) is 0 Å². The molecule has 0 aromatic rings. The molecule has 2 atom stereocenters. The molecule has 134 valence electrons. The van der Waals surface area contributed by atoms with E-state index in [1.807, 2.05) is 25.7 Å². The molecule has 1 N–H and O–H groups in total. The van der Waals surface area contributed by atoms with Crippen molar-refractivity contribution in [1.82, 2.24) is 9.80 Å². The average Bonchev–Trinajstić information content (AvgIpc) is 2.83. The molecule has 0 spiro atoms. The van der Waals surface area contributed by atoms with Crippen LogP contribution in [-0.4, -0.2) is 65.9 Å². The fraction of sp³-hybridized carbons (Fsp3) is 0.944. The number of hydrogen-bond acceptors (Lipinski definition) is 4. The maximum absolute atomic E-state index is 12.1. The highest BCUT2D eigenvalue weighted by Crippen LogP contribution is 2.27. The van der Waals surface area contributed by atoms with E-state index in [2.05, 4.69) is 11.9 Å². The van der Waals surface area contributed by atoms with Gasteiger partial charge in [0.05, 0.1) is 6.10 Å². The van der Waals surface area contributed by atoms with Gasteiger partial charge in [0, 0.05) is 26.2 Å². The van der Waals surface area contributed by atoms with Crippen LogP contribution in [0.5, 0.6) is 0 Å². The van der Waals surface area contributed by atoms with Gasteiger partial charge in [0.2, 0.25) is 0 Å². The van der Waals surface area contributed by atoms with Gasteiger partial charge in [0.1, 0.15) is 5.60 Å². The number of aliphatic hydroxyl groups excluding tert-OH is 1. The molecule has 0 aromatic heterocycles. The van der Waals surface area contributed by atoms with Crippen LogP contribution in [0.15, 0.2) is 0 Å². The molecule has 0 aromatic carbocycles. The molecule has 1 amide bonds. The van der Waals surface area contributed by atoms with Crippen LogP contribution in [0.25, 0.3) is 0 Å². The highest BCUT2D eigenvalue weighted by Gasteiger charge is 2.29. The zero-order chi connectivity index (χ0) is 17.0. The summed E-state index contributed by atoms with van der Waals surface area (Å²) < 4.78 is 5.44. The number of carbonyl (C=O) groups excluding carboxylic acids is 1. The molecule has 1 heterocycles. The van der Waals surface area contributed by atoms with E-state index in [-0.39, 0.29) is 12.2 Å². The van der Waals surface area contributed by atoms with Gasteiger partial charge in [-0.1, -0.05) is 6.42 Å². The third-order valence-corrected chi connectivity index (χ3v) is 5.00. The number of hydrogen-bond donors (Lipinski definition) is 1. The number of aliphatic hydroxyl groups is 1. The molecule has 23 heavy (non-hydrogen) atoms. The van der Waals surface area contributed by atoms with Gasteiger partial charge in [-0.05, 0) is 65.3 Å². The van der Waals surface area contributed by atoms with Crippen molar-refractivity contribution in [1.29, 1.82) is 0 Å². The number of piperidine rings is 1. The Morgan fingerprint density at radius 2 is 1.83 bits per heavy atom. The number of ether oxygens (including phenoxy) is 1. The molecule has 2 fully saturated rings. The second-order valence-electron chi connectivity index (χ2n) is 8.39. The molecule has 5 heteroatoms. The SMILES string of the molecule is CN(CC1CCN(C(=O)OC(C)(C)C)CC1)CC1CCCC1O. The first-order valence-electron chi connectivity index (χ1n) is 9.09. The standard InChI is InChI=1S/C18H34N2O3/c1-18(2,3)23-17(22)20-10-8-14(9-11-20)12-19(4)13-15-6-5-7-16(15)21/h14-16,21H,5-13H2,1-4H3. The lowest BCUT2D eigenvalue weighted by atomic mass is 9.96. The third-order valence-electron chi connectivity index (χ3n) is 5.00. The highest BCUT2D eigenvalue weighted by molar-refractivity contribution is 5.68. The summed E-state index contributed by atoms with van der Waals surface area (Å²) in [6.07, 6.45) is 5.07. The zero-order valence-corrected chi connectivity index (χ0v) is 15.3. The Bertz CT molecular complexity index is 386. The summed E-state index contributed by atoms with van der Waals surface area (Å²) in [5, 5.41) is 9.95. The maximum Gasteiger partial charge on any atom is 0.410 e. The normalized spacial score (nSPS) is 26.8. The minimum Gasteiger partial charge on any atom is -0.444 e. The second-order valence-corrected chi connectivity index (χ2v) is 8.39. The molecular weight excluding hydrogens is 292 g/mol. The molecule has 2 aliphatic rings. The highest BCUT2D eigenvalue weighted by atomic mass is 16.6. The molecule has 0 radical (unpaired) electrons. The Morgan fingerprint density at radius 3 is 2.35 bits per heavy atom. The first-order chi connectivity index (χ1) is 10.7. The van der Waals surface area contributed by atoms with Crippen molar-refractivity contribution in [2.24, 2.45) is 11.8 Å². The van der Waals surface area contributed by atoms with E-state index in [0.29, 0.717) is 11.8 Å². The smallest absolute Gasteiger partial charge is 0.410 e. The largest absolute Gasteiger partial charge is 0.444 e. The van der Waals surface area contributed by atoms with Crippen LogP contribution in [-0.2, 0) is 4.74 Å². The monoisotopic (exact) mass is 326 g/mol. The number of carbonyl (C=O) groups is 1. The first kappa shape index (κ1) is 18.5. The van der Waals surface area contributed by atoms with Crippen LogP contribution in [0.3, 0.4) is 0 Å². The summed E-state index contributed by atoms with van der Waals surface area (Å²) >= 11 is 0. The van der Waals surface area contributed by atoms with E-state index < -0.39 is 5.60 Å². The summed E-state index contributed by atoms with van der Waals surface area (Å²) in [6.45, 7) is 9.36. The zero-order valence-electron chi connectivity index (χ0n) is 15.3. The third kappa shape index (κ3) is 5.96. The average molecular weight is 326 g/mol. The summed E-state index contributed by atoms with van der Waals surface area (Å²) in [4.78, 5) is 16.3. The Balaban J connectivity index is 1.69. The minimum absolute atomic E-state index is 0.105. The number of rotatable bonds is 4. The molecule has 2 unspecified atom stereocenters. The van der Waals surface area contributed by atoms with E-state index in [1.165, 1.54) is 0 Å². The summed E-state index contributed by atoms with van der Waals surface area (Å²) in [5.74, 6) is 1.08. The van der Waals surface area contributed by atoms with Crippen molar-refractivity contribution in [2.45, 2.75) is 64.6 Å². The molecule has 5 nitrogen and oxygen atoms in total. The molecule has 1 aliphatic heterocycles. The van der Waals surface area contributed by atoms with Crippen LogP contribution in [0.1, 0.15) is 52.9 Å². The number of nitrogens with zero attached hydrogens (tertiary/aromatic N) is 2. The fourth-order valence-electron chi connectivity index (χ4n) is 3.77. The molecule has 0 bridgehead atoms. The van der Waals surface area contributed by atoms with Crippen molar-refractivity contribution < 1.29 is 14.6 Å². The van der Waals surface area contributed by atoms with Crippen LogP contribution < -0.4 is 0 Å². The van der Waals surface area contributed by atoms with Gasteiger partial charge in [0.25, 0.3) is 0 Å². The number of likely N-dealkylation sites (tertiary alicyclic amines) is 1. The molecule has 1 saturated carbocycles. The van der Waals surface area contributed by atoms with E-state index in [9.17, 15) is 9.90 Å². The number of amides is 1. The predicted octanol–water partition coefficient (Wildman–Crippen LogP) is 2.73. The van der Waals surface area contributed by atoms with Gasteiger partial charge in [-0.15, -0.1) is 0 Å². The van der Waals surface area contributed by atoms with Gasteiger partial charge in [0.15, 0.2) is 0 Å². The minimum atomic E-state index is -0.420. The van der Waals surface area contributed by atoms with Crippen LogP contribution in [0, 0.1) is 11.8 Å². The van der Waals surface area contributed by atoms with Gasteiger partial charge < -0.3 is 19.6 Å². The Morgan fingerprint density at radius 1 is 1.17 bits per heavy atom. The predicted molar refractivity (Wildman–Crippen MR) is 91.4 cm³/mol. The summed E-state index contributed by atoms with van der Waals surface area (Å²) in [5.41, 5.74) is -0.420.